The fraction of sp³-hybridized carbons (Fsp3) is 0.152. The molecule has 0 aliphatic carbocycles. The Labute approximate surface area is 227 Å². The van der Waals surface area contributed by atoms with Gasteiger partial charge in [-0.1, -0.05) is 109 Å². The van der Waals surface area contributed by atoms with Crippen LogP contribution >= 0.6 is 0 Å². The van der Waals surface area contributed by atoms with Gasteiger partial charge in [0.1, 0.15) is 12.3 Å². The fourth-order valence-corrected chi connectivity index (χ4v) is 5.07. The molecule has 0 aliphatic rings. The van der Waals surface area contributed by atoms with Crippen molar-refractivity contribution in [2.24, 2.45) is 0 Å². The lowest BCUT2D eigenvalue weighted by Gasteiger charge is -2.21. The van der Waals surface area contributed by atoms with E-state index in [1.54, 1.807) is 7.05 Å². The number of fused-ring (bicyclic) bond motifs is 1. The van der Waals surface area contributed by atoms with Crippen molar-refractivity contribution in [1.82, 2.24) is 9.47 Å². The summed E-state index contributed by atoms with van der Waals surface area (Å²) in [6.07, 6.45) is -0.459. The number of hydrogen-bond donors (Lipinski definition) is 1. The van der Waals surface area contributed by atoms with E-state index < -0.39 is 12.1 Å². The average Bonchev–Trinajstić information content (AvgIpc) is 3.30. The summed E-state index contributed by atoms with van der Waals surface area (Å²) in [6.45, 7) is 0.763. The molecule has 0 bridgehead atoms. The Balaban J connectivity index is 1.51. The van der Waals surface area contributed by atoms with Gasteiger partial charge >= 0.3 is 12.1 Å². The van der Waals surface area contributed by atoms with Crippen molar-refractivity contribution in [1.29, 1.82) is 0 Å². The van der Waals surface area contributed by atoms with Crippen molar-refractivity contribution >= 4 is 23.0 Å². The van der Waals surface area contributed by atoms with E-state index in [9.17, 15) is 14.7 Å². The molecule has 1 N–H and O–H groups in total. The second-order valence-corrected chi connectivity index (χ2v) is 9.45. The van der Waals surface area contributed by atoms with E-state index in [4.69, 9.17) is 4.74 Å². The van der Waals surface area contributed by atoms with Crippen molar-refractivity contribution in [3.63, 3.8) is 0 Å². The van der Waals surface area contributed by atoms with Gasteiger partial charge in [0.15, 0.2) is 0 Å². The molecule has 4 aromatic carbocycles. The number of amides is 1. The first kappa shape index (κ1) is 25.8. The molecule has 5 aromatic rings. The van der Waals surface area contributed by atoms with Gasteiger partial charge < -0.3 is 19.3 Å². The SMILES string of the molecule is CN(CCn1c(C(=O)O)c(C(c2ccccc2)c2ccccc2)c2ccccc21)C(=O)OCc1ccccc1. The zero-order valence-electron chi connectivity index (χ0n) is 21.7. The van der Waals surface area contributed by atoms with Gasteiger partial charge in [0.2, 0.25) is 0 Å². The van der Waals surface area contributed by atoms with Crippen LogP contribution in [0.4, 0.5) is 4.79 Å². The number of para-hydroxylation sites is 1. The van der Waals surface area contributed by atoms with Gasteiger partial charge in [0.25, 0.3) is 0 Å². The maximum atomic E-state index is 12.9. The smallest absolute Gasteiger partial charge is 0.409 e. The molecule has 6 nitrogen and oxygen atoms in total. The Bertz CT molecular complexity index is 1520. The van der Waals surface area contributed by atoms with E-state index in [2.05, 4.69) is 0 Å². The van der Waals surface area contributed by atoms with E-state index in [-0.39, 0.29) is 24.8 Å². The number of nitrogens with zero attached hydrogens (tertiary/aromatic N) is 2. The maximum Gasteiger partial charge on any atom is 0.409 e. The van der Waals surface area contributed by atoms with Crippen LogP contribution in [0.15, 0.2) is 115 Å². The zero-order chi connectivity index (χ0) is 27.2. The minimum atomic E-state index is -1.01. The summed E-state index contributed by atoms with van der Waals surface area (Å²) >= 11 is 0. The summed E-state index contributed by atoms with van der Waals surface area (Å²) in [4.78, 5) is 27.1. The Hall–Kier alpha value is -4.84. The average molecular weight is 519 g/mol. The van der Waals surface area contributed by atoms with Gasteiger partial charge in [-0.2, -0.15) is 0 Å². The molecule has 6 heteroatoms. The van der Waals surface area contributed by atoms with Crippen molar-refractivity contribution in [2.45, 2.75) is 19.1 Å². The number of carbonyl (C=O) groups is 2. The molecule has 1 amide bonds. The normalized spacial score (nSPS) is 11.0. The van der Waals surface area contributed by atoms with Crippen LogP contribution in [0.2, 0.25) is 0 Å². The number of aromatic nitrogens is 1. The van der Waals surface area contributed by atoms with Gasteiger partial charge in [-0.15, -0.1) is 0 Å². The van der Waals surface area contributed by atoms with E-state index in [0.717, 1.165) is 33.2 Å². The standard InChI is InChI=1S/C33H30N2O4/c1-34(33(38)39-23-24-13-5-2-6-14-24)21-22-35-28-20-12-11-19-27(28)30(31(35)32(36)37)29(25-15-7-3-8-16-25)26-17-9-4-10-18-26/h2-20,29H,21-23H2,1H3,(H,36,37). The topological polar surface area (TPSA) is 71.8 Å². The highest BCUT2D eigenvalue weighted by Crippen LogP contribution is 2.40. The van der Waals surface area contributed by atoms with Crippen molar-refractivity contribution in [3.05, 3.63) is 143 Å². The van der Waals surface area contributed by atoms with E-state index >= 15 is 0 Å². The predicted octanol–water partition coefficient (Wildman–Crippen LogP) is 6.79. The van der Waals surface area contributed by atoms with Crippen LogP contribution in [0.5, 0.6) is 0 Å². The van der Waals surface area contributed by atoms with Gasteiger partial charge in [0.05, 0.1) is 0 Å². The molecule has 5 rings (SSSR count). The number of likely N-dealkylation sites (N-methyl/N-ethyl adjacent to an activating group) is 1. The molecule has 0 aliphatic heterocycles. The van der Waals surface area contributed by atoms with Crippen LogP contribution < -0.4 is 0 Å². The molecule has 1 aromatic heterocycles. The zero-order valence-corrected chi connectivity index (χ0v) is 21.7. The number of carbonyl (C=O) groups excluding carboxylic acids is 1. The van der Waals surface area contributed by atoms with Gasteiger partial charge in [-0.25, -0.2) is 9.59 Å². The van der Waals surface area contributed by atoms with Crippen molar-refractivity contribution in [3.8, 4) is 0 Å². The first-order chi connectivity index (χ1) is 19.0. The van der Waals surface area contributed by atoms with Crippen molar-refractivity contribution in [2.75, 3.05) is 13.6 Å². The molecule has 39 heavy (non-hydrogen) atoms. The minimum absolute atomic E-state index is 0.177. The number of rotatable bonds is 9. The fourth-order valence-electron chi connectivity index (χ4n) is 5.07. The van der Waals surface area contributed by atoms with Crippen LogP contribution in [0.25, 0.3) is 10.9 Å². The maximum absolute atomic E-state index is 12.9. The molecule has 0 atom stereocenters. The molecule has 0 saturated carbocycles. The summed E-state index contributed by atoms with van der Waals surface area (Å²) in [5.74, 6) is -1.29. The highest BCUT2D eigenvalue weighted by atomic mass is 16.6. The van der Waals surface area contributed by atoms with Gasteiger partial charge in [-0.3, -0.25) is 0 Å². The van der Waals surface area contributed by atoms with Crippen LogP contribution in [0.1, 0.15) is 38.7 Å². The minimum Gasteiger partial charge on any atom is -0.477 e. The summed E-state index contributed by atoms with van der Waals surface area (Å²) in [7, 11) is 1.66. The molecule has 0 unspecified atom stereocenters. The molecule has 0 radical (unpaired) electrons. The van der Waals surface area contributed by atoms with Crippen LogP contribution in [0.3, 0.4) is 0 Å². The Kier molecular flexibility index (Phi) is 7.73. The van der Waals surface area contributed by atoms with E-state index in [1.165, 1.54) is 4.90 Å². The largest absolute Gasteiger partial charge is 0.477 e. The highest BCUT2D eigenvalue weighted by molar-refractivity contribution is 5.99. The first-order valence-corrected chi connectivity index (χ1v) is 12.9. The molecular weight excluding hydrogens is 488 g/mol. The van der Waals surface area contributed by atoms with Crippen molar-refractivity contribution < 1.29 is 19.4 Å². The summed E-state index contributed by atoms with van der Waals surface area (Å²) < 4.78 is 7.28. The summed E-state index contributed by atoms with van der Waals surface area (Å²) in [6, 6.07) is 37.2. The Morgan fingerprint density at radius 3 is 1.92 bits per heavy atom. The predicted molar refractivity (Wildman–Crippen MR) is 152 cm³/mol. The third kappa shape index (κ3) is 5.55. The third-order valence-electron chi connectivity index (χ3n) is 6.94. The molecular formula is C33H30N2O4. The molecule has 1 heterocycles. The van der Waals surface area contributed by atoms with E-state index in [1.807, 2.05) is 120 Å². The lowest BCUT2D eigenvalue weighted by atomic mass is 9.83. The summed E-state index contributed by atoms with van der Waals surface area (Å²) in [5, 5.41) is 11.4. The number of hydrogen-bond acceptors (Lipinski definition) is 3. The number of aromatic carboxylic acids is 1. The Morgan fingerprint density at radius 2 is 1.33 bits per heavy atom. The highest BCUT2D eigenvalue weighted by Gasteiger charge is 2.30. The number of carboxylic acid groups (broad SMARTS) is 1. The Morgan fingerprint density at radius 1 is 0.795 bits per heavy atom. The van der Waals surface area contributed by atoms with Crippen LogP contribution in [-0.2, 0) is 17.9 Å². The van der Waals surface area contributed by atoms with Crippen LogP contribution in [0, 0.1) is 0 Å². The molecule has 0 spiro atoms. The number of ether oxygens (including phenoxy) is 1. The molecule has 196 valence electrons. The van der Waals surface area contributed by atoms with Gasteiger partial charge in [-0.05, 0) is 22.8 Å². The second-order valence-electron chi connectivity index (χ2n) is 9.45. The quantitative estimate of drug-likeness (QED) is 0.233. The first-order valence-electron chi connectivity index (χ1n) is 12.9. The monoisotopic (exact) mass is 518 g/mol. The third-order valence-corrected chi connectivity index (χ3v) is 6.94. The lowest BCUT2D eigenvalue weighted by Crippen LogP contribution is -2.31. The second kappa shape index (κ2) is 11.7. The lowest BCUT2D eigenvalue weighted by molar-refractivity contribution is 0.0683. The summed E-state index contributed by atoms with van der Waals surface area (Å²) in [5.41, 5.74) is 4.70. The number of carboxylic acids is 1. The molecule has 0 fully saturated rings. The molecule has 0 saturated heterocycles. The van der Waals surface area contributed by atoms with Crippen LogP contribution in [-0.4, -0.2) is 40.2 Å². The number of benzene rings is 4. The van der Waals surface area contributed by atoms with E-state index in [0.29, 0.717) is 6.54 Å². The van der Waals surface area contributed by atoms with Gasteiger partial charge in [0, 0.05) is 42.5 Å².